The highest BCUT2D eigenvalue weighted by Gasteiger charge is 2.27. The fourth-order valence-electron chi connectivity index (χ4n) is 4.30. The van der Waals surface area contributed by atoms with Crippen LogP contribution in [0.5, 0.6) is 0 Å². The van der Waals surface area contributed by atoms with E-state index in [1.165, 1.54) is 20.8 Å². The number of piperazine rings is 1. The first-order chi connectivity index (χ1) is 15.0. The Morgan fingerprint density at radius 2 is 1.71 bits per heavy atom. The summed E-state index contributed by atoms with van der Waals surface area (Å²) in [7, 11) is -3.46. The minimum Gasteiger partial charge on any atom is -0.348 e. The highest BCUT2D eigenvalue weighted by atomic mass is 32.2. The highest BCUT2D eigenvalue weighted by molar-refractivity contribution is 7.92. The molecular weight excluding hydrogens is 410 g/mol. The maximum atomic E-state index is 12.6. The molecule has 2 aromatic rings. The van der Waals surface area contributed by atoms with Crippen molar-refractivity contribution in [1.82, 2.24) is 14.5 Å². The molecule has 1 atom stereocenters. The summed E-state index contributed by atoms with van der Waals surface area (Å²) in [6.07, 6.45) is 4.73. The van der Waals surface area contributed by atoms with Gasteiger partial charge in [0.05, 0.1) is 12.6 Å². The van der Waals surface area contributed by atoms with E-state index >= 15 is 0 Å². The molecule has 1 amide bonds. The van der Waals surface area contributed by atoms with Gasteiger partial charge in [-0.15, -0.1) is 0 Å². The second kappa shape index (κ2) is 9.77. The number of sulfonamides is 1. The van der Waals surface area contributed by atoms with Gasteiger partial charge < -0.3 is 5.32 Å². The van der Waals surface area contributed by atoms with E-state index in [0.29, 0.717) is 32.7 Å². The normalized spacial score (nSPS) is 20.5. The molecule has 1 fully saturated rings. The summed E-state index contributed by atoms with van der Waals surface area (Å²) in [5.74, 6) is 0.00184. The molecule has 2 aromatic carbocycles. The fraction of sp³-hybridized carbons (Fsp3) is 0.375. The molecule has 164 valence electrons. The fourth-order valence-corrected chi connectivity index (χ4v) is 5.48. The van der Waals surface area contributed by atoms with Gasteiger partial charge >= 0.3 is 0 Å². The Hall–Kier alpha value is -2.48. The van der Waals surface area contributed by atoms with Crippen LogP contribution in [0.2, 0.25) is 0 Å². The van der Waals surface area contributed by atoms with Crippen LogP contribution < -0.4 is 5.32 Å². The van der Waals surface area contributed by atoms with Crippen molar-refractivity contribution in [3.63, 3.8) is 0 Å². The van der Waals surface area contributed by atoms with Crippen molar-refractivity contribution in [2.24, 2.45) is 0 Å². The number of benzene rings is 2. The van der Waals surface area contributed by atoms with Crippen LogP contribution in [0.3, 0.4) is 0 Å². The largest absolute Gasteiger partial charge is 0.348 e. The van der Waals surface area contributed by atoms with Crippen LogP contribution in [-0.4, -0.2) is 56.3 Å². The van der Waals surface area contributed by atoms with E-state index in [-0.39, 0.29) is 11.9 Å². The number of aryl methyl sites for hydroxylation is 1. The number of nitrogens with one attached hydrogen (secondary N) is 1. The van der Waals surface area contributed by atoms with Crippen molar-refractivity contribution in [2.75, 3.05) is 32.7 Å². The van der Waals surface area contributed by atoms with Crippen molar-refractivity contribution >= 4 is 22.0 Å². The summed E-state index contributed by atoms with van der Waals surface area (Å²) in [6, 6.07) is 17.8. The van der Waals surface area contributed by atoms with Crippen LogP contribution in [0.25, 0.3) is 6.08 Å². The Balaban J connectivity index is 1.27. The molecule has 0 radical (unpaired) electrons. The third kappa shape index (κ3) is 5.61. The van der Waals surface area contributed by atoms with E-state index in [9.17, 15) is 13.2 Å². The summed E-state index contributed by atoms with van der Waals surface area (Å²) in [5, 5.41) is 4.45. The van der Waals surface area contributed by atoms with Crippen molar-refractivity contribution < 1.29 is 13.2 Å². The topological polar surface area (TPSA) is 69.7 Å². The molecule has 4 rings (SSSR count). The predicted molar refractivity (Wildman–Crippen MR) is 123 cm³/mol. The molecule has 6 nitrogen and oxygen atoms in total. The first-order valence-electron chi connectivity index (χ1n) is 10.8. The molecule has 0 bridgehead atoms. The summed E-state index contributed by atoms with van der Waals surface area (Å²) in [5.41, 5.74) is 3.40. The average Bonchev–Trinajstić information content (AvgIpc) is 2.79. The van der Waals surface area contributed by atoms with Gasteiger partial charge in [0, 0.05) is 31.6 Å². The van der Waals surface area contributed by atoms with Gasteiger partial charge in [0.2, 0.25) is 15.9 Å². The molecule has 1 aliphatic heterocycles. The van der Waals surface area contributed by atoms with E-state index < -0.39 is 10.0 Å². The Bertz CT molecular complexity index is 1030. The van der Waals surface area contributed by atoms with Crippen molar-refractivity contribution in [1.29, 1.82) is 0 Å². The van der Waals surface area contributed by atoms with E-state index in [4.69, 9.17) is 0 Å². The summed E-state index contributed by atoms with van der Waals surface area (Å²) < 4.78 is 26.7. The summed E-state index contributed by atoms with van der Waals surface area (Å²) in [4.78, 5) is 14.7. The SMILES string of the molecule is O=C(CN1CCN(S(=O)(=O)C=Cc2ccccc2)CC1)NC1CCCc2ccccc21. The Morgan fingerprint density at radius 1 is 1.00 bits per heavy atom. The lowest BCUT2D eigenvalue weighted by molar-refractivity contribution is -0.123. The van der Waals surface area contributed by atoms with Gasteiger partial charge in [-0.1, -0.05) is 54.6 Å². The Morgan fingerprint density at radius 3 is 2.48 bits per heavy atom. The minimum atomic E-state index is -3.46. The van der Waals surface area contributed by atoms with Gasteiger partial charge in [0.15, 0.2) is 0 Å². The predicted octanol–water partition coefficient (Wildman–Crippen LogP) is 2.80. The zero-order chi connectivity index (χ0) is 21.7. The van der Waals surface area contributed by atoms with E-state index in [1.807, 2.05) is 47.4 Å². The van der Waals surface area contributed by atoms with Gasteiger partial charge in [-0.25, -0.2) is 8.42 Å². The van der Waals surface area contributed by atoms with Gasteiger partial charge in [-0.3, -0.25) is 9.69 Å². The van der Waals surface area contributed by atoms with Gasteiger partial charge in [-0.05, 0) is 42.0 Å². The van der Waals surface area contributed by atoms with E-state index in [0.717, 1.165) is 24.8 Å². The third-order valence-electron chi connectivity index (χ3n) is 6.00. The molecule has 1 saturated heterocycles. The molecule has 7 heteroatoms. The average molecular weight is 440 g/mol. The molecule has 1 aliphatic carbocycles. The Labute approximate surface area is 184 Å². The van der Waals surface area contributed by atoms with Crippen molar-refractivity contribution in [3.8, 4) is 0 Å². The van der Waals surface area contributed by atoms with E-state index in [2.05, 4.69) is 17.4 Å². The van der Waals surface area contributed by atoms with Gasteiger partial charge in [-0.2, -0.15) is 4.31 Å². The van der Waals surface area contributed by atoms with Gasteiger partial charge in [0.1, 0.15) is 0 Å². The molecular formula is C24H29N3O3S. The van der Waals surface area contributed by atoms with Crippen LogP contribution in [0, 0.1) is 0 Å². The van der Waals surface area contributed by atoms with Crippen LogP contribution in [-0.2, 0) is 21.2 Å². The van der Waals surface area contributed by atoms with E-state index in [1.54, 1.807) is 6.08 Å². The number of amides is 1. The third-order valence-corrected chi connectivity index (χ3v) is 7.56. The van der Waals surface area contributed by atoms with Crippen LogP contribution in [0.1, 0.15) is 35.6 Å². The maximum Gasteiger partial charge on any atom is 0.236 e. The zero-order valence-corrected chi connectivity index (χ0v) is 18.4. The summed E-state index contributed by atoms with van der Waals surface area (Å²) in [6.45, 7) is 2.18. The Kier molecular flexibility index (Phi) is 6.85. The number of fused-ring (bicyclic) bond motifs is 1. The first-order valence-corrected chi connectivity index (χ1v) is 12.3. The lowest BCUT2D eigenvalue weighted by atomic mass is 9.88. The molecule has 1 unspecified atom stereocenters. The second-order valence-electron chi connectivity index (χ2n) is 8.14. The lowest BCUT2D eigenvalue weighted by Gasteiger charge is -2.33. The minimum absolute atomic E-state index is 0.00184. The molecule has 0 saturated carbocycles. The van der Waals surface area contributed by atoms with Crippen molar-refractivity contribution in [3.05, 3.63) is 76.7 Å². The highest BCUT2D eigenvalue weighted by Crippen LogP contribution is 2.29. The quantitative estimate of drug-likeness (QED) is 0.752. The molecule has 0 spiro atoms. The number of hydrogen-bond donors (Lipinski definition) is 1. The smallest absolute Gasteiger partial charge is 0.236 e. The van der Waals surface area contributed by atoms with Gasteiger partial charge in [0.25, 0.3) is 0 Å². The second-order valence-corrected chi connectivity index (χ2v) is 9.96. The number of carbonyl (C=O) groups is 1. The van der Waals surface area contributed by atoms with Crippen LogP contribution in [0.15, 0.2) is 60.0 Å². The number of carbonyl (C=O) groups excluding carboxylic acids is 1. The number of rotatable bonds is 6. The van der Waals surface area contributed by atoms with Crippen LogP contribution >= 0.6 is 0 Å². The molecule has 2 aliphatic rings. The van der Waals surface area contributed by atoms with Crippen molar-refractivity contribution in [2.45, 2.75) is 25.3 Å². The maximum absolute atomic E-state index is 12.6. The molecule has 1 heterocycles. The monoisotopic (exact) mass is 439 g/mol. The molecule has 1 N–H and O–H groups in total. The number of hydrogen-bond acceptors (Lipinski definition) is 4. The van der Waals surface area contributed by atoms with Crippen LogP contribution in [0.4, 0.5) is 0 Å². The zero-order valence-electron chi connectivity index (χ0n) is 17.6. The standard InChI is InChI=1S/C24H29N3O3S/c28-24(25-23-12-6-10-21-9-4-5-11-22(21)23)19-26-14-16-27(17-15-26)31(29,30)18-13-20-7-2-1-3-8-20/h1-5,7-9,11,13,18,23H,6,10,12,14-17,19H2,(H,25,28). The molecule has 31 heavy (non-hydrogen) atoms. The summed E-state index contributed by atoms with van der Waals surface area (Å²) >= 11 is 0. The first kappa shape index (κ1) is 21.7. The molecule has 0 aromatic heterocycles. The lowest BCUT2D eigenvalue weighted by Crippen LogP contribution is -2.51. The number of nitrogens with zero attached hydrogens (tertiary/aromatic N) is 2.